The lowest BCUT2D eigenvalue weighted by molar-refractivity contribution is -0.273. The van der Waals surface area contributed by atoms with Gasteiger partial charge in [-0.05, 0) is 13.0 Å². The summed E-state index contributed by atoms with van der Waals surface area (Å²) in [6.45, 7) is 1.49. The van der Waals surface area contributed by atoms with Gasteiger partial charge < -0.3 is 10.1 Å². The van der Waals surface area contributed by atoms with Gasteiger partial charge in [-0.25, -0.2) is 4.99 Å². The van der Waals surface area contributed by atoms with Crippen LogP contribution < -0.4 is 5.32 Å². The molecular formula is C10H10F3N3O. The van der Waals surface area contributed by atoms with Crippen LogP contribution in [0, 0.1) is 6.92 Å². The third kappa shape index (κ3) is 1.57. The van der Waals surface area contributed by atoms with E-state index in [1.165, 1.54) is 19.2 Å². The van der Waals surface area contributed by atoms with Crippen LogP contribution in [0.15, 0.2) is 17.3 Å². The Hall–Kier alpha value is -1.63. The van der Waals surface area contributed by atoms with Crippen molar-refractivity contribution in [3.8, 4) is 0 Å². The largest absolute Gasteiger partial charge is 0.443 e. The van der Waals surface area contributed by atoms with E-state index in [1.807, 2.05) is 0 Å². The number of pyridine rings is 1. The molecule has 0 spiro atoms. The van der Waals surface area contributed by atoms with Gasteiger partial charge in [-0.15, -0.1) is 0 Å². The summed E-state index contributed by atoms with van der Waals surface area (Å²) >= 11 is 0. The molecule has 1 aliphatic heterocycles. The van der Waals surface area contributed by atoms with E-state index < -0.39 is 11.9 Å². The number of aliphatic imine (C=N–C) groups is 1. The van der Waals surface area contributed by atoms with Gasteiger partial charge in [0.15, 0.2) is 0 Å². The lowest BCUT2D eigenvalue weighted by Crippen LogP contribution is -2.45. The third-order valence-electron chi connectivity index (χ3n) is 2.63. The molecule has 92 valence electrons. The molecule has 1 atom stereocenters. The number of hydrogen-bond donors (Lipinski definition) is 1. The Bertz CT molecular complexity index is 472. The molecule has 1 N–H and O–H groups in total. The van der Waals surface area contributed by atoms with Gasteiger partial charge in [0.1, 0.15) is 0 Å². The molecule has 7 heteroatoms. The number of ether oxygens (including phenoxy) is 1. The van der Waals surface area contributed by atoms with Gasteiger partial charge in [-0.1, -0.05) is 0 Å². The van der Waals surface area contributed by atoms with Crippen molar-refractivity contribution >= 4 is 12.0 Å². The molecule has 1 aromatic rings. The van der Waals surface area contributed by atoms with Crippen LogP contribution in [-0.2, 0) is 10.5 Å². The van der Waals surface area contributed by atoms with Crippen molar-refractivity contribution in [1.29, 1.82) is 0 Å². The molecule has 0 radical (unpaired) electrons. The number of anilines is 1. The predicted molar refractivity (Wildman–Crippen MR) is 55.8 cm³/mol. The Labute approximate surface area is 95.5 Å². The summed E-state index contributed by atoms with van der Waals surface area (Å²) in [5, 5.41) is 2.65. The molecule has 4 nitrogen and oxygen atoms in total. The molecule has 0 saturated carbocycles. The molecule has 1 aromatic heterocycles. The van der Waals surface area contributed by atoms with E-state index >= 15 is 0 Å². The van der Waals surface area contributed by atoms with Crippen LogP contribution in [0.4, 0.5) is 18.9 Å². The van der Waals surface area contributed by atoms with E-state index in [0.29, 0.717) is 5.69 Å². The van der Waals surface area contributed by atoms with Crippen LogP contribution in [0.2, 0.25) is 0 Å². The highest BCUT2D eigenvalue weighted by Crippen LogP contribution is 2.47. The molecule has 0 fully saturated rings. The molecule has 17 heavy (non-hydrogen) atoms. The summed E-state index contributed by atoms with van der Waals surface area (Å²) in [6.07, 6.45) is -2.24. The lowest BCUT2D eigenvalue weighted by Gasteiger charge is -2.35. The number of alkyl halides is 3. The number of hydrogen-bond acceptors (Lipinski definition) is 4. The molecule has 0 aromatic carbocycles. The van der Waals surface area contributed by atoms with Gasteiger partial charge in [-0.2, -0.15) is 13.2 Å². The van der Waals surface area contributed by atoms with Gasteiger partial charge >= 0.3 is 6.18 Å². The SMILES string of the molecule is CO[C@]1(C(F)(F)F)N=CNc2ccnc(C)c21. The second kappa shape index (κ2) is 3.69. The first-order chi connectivity index (χ1) is 7.92. The molecule has 2 rings (SSSR count). The molecule has 0 saturated heterocycles. The molecular weight excluding hydrogens is 235 g/mol. The normalized spacial score (nSPS) is 23.1. The number of nitrogens with zero attached hydrogens (tertiary/aromatic N) is 2. The van der Waals surface area contributed by atoms with E-state index in [0.717, 1.165) is 13.4 Å². The second-order valence-electron chi connectivity index (χ2n) is 3.57. The Morgan fingerprint density at radius 1 is 1.41 bits per heavy atom. The van der Waals surface area contributed by atoms with E-state index in [1.54, 1.807) is 0 Å². The number of rotatable bonds is 1. The molecule has 0 unspecified atom stereocenters. The number of nitrogens with one attached hydrogen (secondary N) is 1. The third-order valence-corrected chi connectivity index (χ3v) is 2.63. The fraction of sp³-hybridized carbons (Fsp3) is 0.400. The first-order valence-electron chi connectivity index (χ1n) is 4.80. The van der Waals surface area contributed by atoms with Crippen LogP contribution >= 0.6 is 0 Å². The first kappa shape index (κ1) is 11.8. The molecule has 0 amide bonds. The van der Waals surface area contributed by atoms with E-state index in [-0.39, 0.29) is 11.3 Å². The zero-order valence-corrected chi connectivity index (χ0v) is 9.17. The minimum Gasteiger partial charge on any atom is -0.346 e. The Balaban J connectivity index is 2.72. The Morgan fingerprint density at radius 3 is 2.71 bits per heavy atom. The summed E-state index contributed by atoms with van der Waals surface area (Å²) in [5.74, 6) is 0. The van der Waals surface area contributed by atoms with Gasteiger partial charge in [0.2, 0.25) is 0 Å². The van der Waals surface area contributed by atoms with Crippen LogP contribution in [0.3, 0.4) is 0 Å². The van der Waals surface area contributed by atoms with Crippen molar-refractivity contribution < 1.29 is 17.9 Å². The summed E-state index contributed by atoms with van der Waals surface area (Å²) in [7, 11) is 0.979. The van der Waals surface area contributed by atoms with Crippen LogP contribution in [0.25, 0.3) is 0 Å². The van der Waals surface area contributed by atoms with Crippen molar-refractivity contribution in [2.45, 2.75) is 18.8 Å². The summed E-state index contributed by atoms with van der Waals surface area (Å²) in [5.41, 5.74) is -2.25. The van der Waals surface area contributed by atoms with Crippen LogP contribution in [-0.4, -0.2) is 24.6 Å². The van der Waals surface area contributed by atoms with Crippen molar-refractivity contribution in [3.63, 3.8) is 0 Å². The van der Waals surface area contributed by atoms with Gasteiger partial charge in [0, 0.05) is 19.0 Å². The van der Waals surface area contributed by atoms with Crippen molar-refractivity contribution in [1.82, 2.24) is 4.98 Å². The number of aryl methyl sites for hydroxylation is 1. The van der Waals surface area contributed by atoms with Crippen molar-refractivity contribution in [3.05, 3.63) is 23.5 Å². The average Bonchev–Trinajstić information content (AvgIpc) is 2.27. The van der Waals surface area contributed by atoms with E-state index in [9.17, 15) is 13.2 Å². The molecule has 0 bridgehead atoms. The lowest BCUT2D eigenvalue weighted by atomic mass is 9.98. The zero-order valence-electron chi connectivity index (χ0n) is 9.17. The standard InChI is InChI=1S/C10H10F3N3O/c1-6-8-7(3-4-14-6)15-5-16-9(8,17-2)10(11,12)13/h3-5H,1-2H3,(H,15,16)/t9-/m1/s1. The fourth-order valence-electron chi connectivity index (χ4n) is 1.86. The maximum atomic E-state index is 13.2. The number of aromatic nitrogens is 1. The monoisotopic (exact) mass is 245 g/mol. The summed E-state index contributed by atoms with van der Waals surface area (Å²) < 4.78 is 44.1. The maximum absolute atomic E-state index is 13.2. The van der Waals surface area contributed by atoms with E-state index in [4.69, 9.17) is 0 Å². The van der Waals surface area contributed by atoms with Gasteiger partial charge in [0.05, 0.1) is 17.6 Å². The number of fused-ring (bicyclic) bond motifs is 1. The van der Waals surface area contributed by atoms with Crippen LogP contribution in [0.5, 0.6) is 0 Å². The Kier molecular flexibility index (Phi) is 2.57. The van der Waals surface area contributed by atoms with Gasteiger partial charge in [0.25, 0.3) is 5.72 Å². The maximum Gasteiger partial charge on any atom is 0.443 e. The highest BCUT2D eigenvalue weighted by Gasteiger charge is 2.60. The molecule has 1 aliphatic rings. The van der Waals surface area contributed by atoms with Crippen LogP contribution in [0.1, 0.15) is 11.3 Å². The smallest absolute Gasteiger partial charge is 0.346 e. The minimum atomic E-state index is -4.65. The quantitative estimate of drug-likeness (QED) is 0.825. The molecule has 0 aliphatic carbocycles. The molecule has 2 heterocycles. The van der Waals surface area contributed by atoms with Gasteiger partial charge in [-0.3, -0.25) is 4.98 Å². The van der Waals surface area contributed by atoms with Crippen molar-refractivity contribution in [2.24, 2.45) is 4.99 Å². The Morgan fingerprint density at radius 2 is 2.12 bits per heavy atom. The highest BCUT2D eigenvalue weighted by atomic mass is 19.4. The first-order valence-corrected chi connectivity index (χ1v) is 4.80. The summed E-state index contributed by atoms with van der Waals surface area (Å²) in [4.78, 5) is 7.28. The van der Waals surface area contributed by atoms with Crippen molar-refractivity contribution in [2.75, 3.05) is 12.4 Å². The zero-order chi connectivity index (χ0) is 12.7. The topological polar surface area (TPSA) is 46.5 Å². The predicted octanol–water partition coefficient (Wildman–Crippen LogP) is 2.21. The minimum absolute atomic E-state index is 0.0995. The second-order valence-corrected chi connectivity index (χ2v) is 3.57. The number of halogens is 3. The average molecular weight is 245 g/mol. The number of methoxy groups -OCH3 is 1. The van der Waals surface area contributed by atoms with E-state index in [2.05, 4.69) is 20.0 Å². The fourth-order valence-corrected chi connectivity index (χ4v) is 1.86. The highest BCUT2D eigenvalue weighted by molar-refractivity contribution is 5.81. The summed E-state index contributed by atoms with van der Waals surface area (Å²) in [6, 6.07) is 1.45.